The van der Waals surface area contributed by atoms with Crippen LogP contribution < -0.4 is 0 Å². The van der Waals surface area contributed by atoms with E-state index < -0.39 is 5.79 Å². The van der Waals surface area contributed by atoms with Crippen LogP contribution in [0.5, 0.6) is 0 Å². The largest absolute Gasteiger partial charge is 0.381 e. The van der Waals surface area contributed by atoms with Crippen LogP contribution in [0.3, 0.4) is 0 Å². The van der Waals surface area contributed by atoms with Crippen LogP contribution in [0, 0.1) is 17.3 Å². The molecule has 21 heavy (non-hydrogen) atoms. The van der Waals surface area contributed by atoms with Gasteiger partial charge in [0.05, 0.1) is 25.2 Å². The van der Waals surface area contributed by atoms with Crippen LogP contribution >= 0.6 is 0 Å². The number of ether oxygens (including phenoxy) is 3. The minimum Gasteiger partial charge on any atom is -0.381 e. The summed E-state index contributed by atoms with van der Waals surface area (Å²) in [5.74, 6) is -0.581. The topological polar surface area (TPSA) is 44.8 Å². The lowest BCUT2D eigenvalue weighted by Crippen LogP contribution is -2.59. The summed E-state index contributed by atoms with van der Waals surface area (Å²) in [5.41, 5.74) is 0.777. The minimum absolute atomic E-state index is 0.0149. The molecule has 0 aromatic heterocycles. The van der Waals surface area contributed by atoms with Crippen molar-refractivity contribution < 1.29 is 19.0 Å². The SMILES string of the molecule is CO[C@H]1CCCC2[C@H]1C(=O)C(C)=CC21OCC(C)(C)CO1. The van der Waals surface area contributed by atoms with Crippen LogP contribution in [0.4, 0.5) is 0 Å². The Bertz CT molecular complexity index is 455. The fraction of sp³-hybridized carbons (Fsp3) is 0.824. The van der Waals surface area contributed by atoms with Gasteiger partial charge in [-0.3, -0.25) is 4.79 Å². The van der Waals surface area contributed by atoms with E-state index in [2.05, 4.69) is 13.8 Å². The molecule has 118 valence electrons. The first kappa shape index (κ1) is 15.2. The first-order chi connectivity index (χ1) is 9.88. The third-order valence-corrected chi connectivity index (χ3v) is 5.14. The average Bonchev–Trinajstić information content (AvgIpc) is 2.47. The molecule has 1 saturated heterocycles. The number of ketones is 1. The molecule has 0 bridgehead atoms. The van der Waals surface area contributed by atoms with Gasteiger partial charge in [-0.1, -0.05) is 20.3 Å². The lowest BCUT2D eigenvalue weighted by atomic mass is 9.66. The molecular formula is C17H26O4. The Morgan fingerprint density at radius 1 is 1.24 bits per heavy atom. The van der Waals surface area contributed by atoms with Gasteiger partial charge in [-0.25, -0.2) is 0 Å². The average molecular weight is 294 g/mol. The molecule has 0 amide bonds. The van der Waals surface area contributed by atoms with E-state index >= 15 is 0 Å². The van der Waals surface area contributed by atoms with Crippen LogP contribution in [0.2, 0.25) is 0 Å². The number of carbonyl (C=O) groups excluding carboxylic acids is 1. The van der Waals surface area contributed by atoms with E-state index in [0.29, 0.717) is 13.2 Å². The molecule has 1 aliphatic heterocycles. The normalized spacial score (nSPS) is 38.0. The number of allylic oxidation sites excluding steroid dienone is 1. The Morgan fingerprint density at radius 3 is 2.52 bits per heavy atom. The predicted molar refractivity (Wildman–Crippen MR) is 78.8 cm³/mol. The molecule has 1 spiro atoms. The summed E-state index contributed by atoms with van der Waals surface area (Å²) < 4.78 is 18.0. The number of hydrogen-bond donors (Lipinski definition) is 0. The van der Waals surface area contributed by atoms with Crippen LogP contribution in [0.15, 0.2) is 11.6 Å². The zero-order chi connectivity index (χ0) is 15.3. The maximum Gasteiger partial charge on any atom is 0.192 e. The third-order valence-electron chi connectivity index (χ3n) is 5.14. The second-order valence-corrected chi connectivity index (χ2v) is 7.49. The lowest BCUT2D eigenvalue weighted by Gasteiger charge is -2.52. The number of fused-ring (bicyclic) bond motifs is 2. The van der Waals surface area contributed by atoms with Gasteiger partial charge in [0.1, 0.15) is 0 Å². The third kappa shape index (κ3) is 2.47. The highest BCUT2D eigenvalue weighted by atomic mass is 16.7. The molecule has 3 atom stereocenters. The molecule has 2 aliphatic carbocycles. The molecule has 1 saturated carbocycles. The highest BCUT2D eigenvalue weighted by Crippen LogP contribution is 2.49. The summed E-state index contributed by atoms with van der Waals surface area (Å²) in [6, 6.07) is 0. The van der Waals surface area contributed by atoms with Crippen molar-refractivity contribution in [1.82, 2.24) is 0 Å². The fourth-order valence-electron chi connectivity index (χ4n) is 3.96. The van der Waals surface area contributed by atoms with Gasteiger partial charge in [0.25, 0.3) is 0 Å². The highest BCUT2D eigenvalue weighted by Gasteiger charge is 2.56. The molecule has 3 aliphatic rings. The molecule has 0 aromatic carbocycles. The van der Waals surface area contributed by atoms with Crippen molar-refractivity contribution in [3.63, 3.8) is 0 Å². The first-order valence-electron chi connectivity index (χ1n) is 7.93. The molecule has 2 fully saturated rings. The zero-order valence-corrected chi connectivity index (χ0v) is 13.5. The summed E-state index contributed by atoms with van der Waals surface area (Å²) >= 11 is 0. The molecule has 4 nitrogen and oxygen atoms in total. The number of Topliss-reactive ketones (excluding diaryl/α,β-unsaturated/α-hetero) is 1. The van der Waals surface area contributed by atoms with Crippen molar-refractivity contribution in [3.8, 4) is 0 Å². The Morgan fingerprint density at radius 2 is 1.90 bits per heavy atom. The van der Waals surface area contributed by atoms with Gasteiger partial charge in [-0.15, -0.1) is 0 Å². The summed E-state index contributed by atoms with van der Waals surface area (Å²) in [6.07, 6.45) is 4.86. The summed E-state index contributed by atoms with van der Waals surface area (Å²) in [7, 11) is 1.70. The highest BCUT2D eigenvalue weighted by molar-refractivity contribution is 5.98. The second-order valence-electron chi connectivity index (χ2n) is 7.49. The van der Waals surface area contributed by atoms with Crippen LogP contribution in [-0.2, 0) is 19.0 Å². The maximum atomic E-state index is 12.6. The number of methoxy groups -OCH3 is 1. The van der Waals surface area contributed by atoms with Crippen molar-refractivity contribution in [2.75, 3.05) is 20.3 Å². The van der Waals surface area contributed by atoms with Gasteiger partial charge in [0.2, 0.25) is 0 Å². The number of rotatable bonds is 1. The summed E-state index contributed by atoms with van der Waals surface area (Å²) in [6.45, 7) is 7.47. The van der Waals surface area contributed by atoms with Crippen LogP contribution in [0.1, 0.15) is 40.0 Å². The molecule has 1 unspecified atom stereocenters. The Labute approximate surface area is 126 Å². The van der Waals surface area contributed by atoms with E-state index in [1.807, 2.05) is 13.0 Å². The molecule has 0 radical (unpaired) electrons. The zero-order valence-electron chi connectivity index (χ0n) is 13.5. The van der Waals surface area contributed by atoms with E-state index in [0.717, 1.165) is 24.8 Å². The lowest BCUT2D eigenvalue weighted by molar-refractivity contribution is -0.309. The minimum atomic E-state index is -0.727. The molecule has 3 rings (SSSR count). The number of hydrogen-bond acceptors (Lipinski definition) is 4. The number of carbonyl (C=O) groups is 1. The second kappa shape index (κ2) is 5.18. The van der Waals surface area contributed by atoms with Gasteiger partial charge in [-0.2, -0.15) is 0 Å². The quantitative estimate of drug-likeness (QED) is 0.746. The Hall–Kier alpha value is -0.710. The van der Waals surface area contributed by atoms with E-state index in [4.69, 9.17) is 14.2 Å². The van der Waals surface area contributed by atoms with Crippen molar-refractivity contribution in [2.24, 2.45) is 17.3 Å². The van der Waals surface area contributed by atoms with Gasteiger partial charge >= 0.3 is 0 Å². The maximum absolute atomic E-state index is 12.6. The standard InChI is InChI=1S/C17H26O4/c1-11-8-17(20-9-16(2,3)10-21-17)12-6-5-7-13(19-4)14(12)15(11)18/h8,12-14H,5-7,9-10H2,1-4H3/t12?,13-,14+/m0/s1. The van der Waals surface area contributed by atoms with Gasteiger partial charge in [0, 0.05) is 18.4 Å². The van der Waals surface area contributed by atoms with Crippen molar-refractivity contribution >= 4 is 5.78 Å². The molecule has 0 aromatic rings. The molecular weight excluding hydrogens is 268 g/mol. The monoisotopic (exact) mass is 294 g/mol. The van der Waals surface area contributed by atoms with Gasteiger partial charge in [-0.05, 0) is 31.4 Å². The summed E-state index contributed by atoms with van der Waals surface area (Å²) in [5, 5.41) is 0. The Balaban J connectivity index is 1.95. The van der Waals surface area contributed by atoms with E-state index in [1.165, 1.54) is 0 Å². The van der Waals surface area contributed by atoms with Gasteiger partial charge in [0.15, 0.2) is 11.6 Å². The Kier molecular flexibility index (Phi) is 3.75. The van der Waals surface area contributed by atoms with E-state index in [9.17, 15) is 4.79 Å². The summed E-state index contributed by atoms with van der Waals surface area (Å²) in [4.78, 5) is 12.6. The fourth-order valence-corrected chi connectivity index (χ4v) is 3.96. The predicted octanol–water partition coefficient (Wildman–Crippen LogP) is 2.72. The van der Waals surface area contributed by atoms with Crippen LogP contribution in [-0.4, -0.2) is 38.0 Å². The van der Waals surface area contributed by atoms with Gasteiger partial charge < -0.3 is 14.2 Å². The molecule has 0 N–H and O–H groups in total. The molecule has 1 heterocycles. The molecule has 4 heteroatoms. The smallest absolute Gasteiger partial charge is 0.192 e. The van der Waals surface area contributed by atoms with E-state index in [-0.39, 0.29) is 29.1 Å². The van der Waals surface area contributed by atoms with Crippen LogP contribution in [0.25, 0.3) is 0 Å². The van der Waals surface area contributed by atoms with Crippen molar-refractivity contribution in [1.29, 1.82) is 0 Å². The first-order valence-corrected chi connectivity index (χ1v) is 7.93. The van der Waals surface area contributed by atoms with Crippen molar-refractivity contribution in [2.45, 2.75) is 51.9 Å². The van der Waals surface area contributed by atoms with E-state index in [1.54, 1.807) is 7.11 Å². The van der Waals surface area contributed by atoms with Crippen molar-refractivity contribution in [3.05, 3.63) is 11.6 Å².